The van der Waals surface area contributed by atoms with Gasteiger partial charge in [0.1, 0.15) is 6.54 Å². The van der Waals surface area contributed by atoms with Crippen molar-refractivity contribution >= 4 is 16.5 Å². The van der Waals surface area contributed by atoms with Gasteiger partial charge in [-0.15, -0.1) is 0 Å². The first kappa shape index (κ1) is 9.54. The fraction of sp³-hybridized carbons (Fsp3) is 0.154. The maximum absolute atomic E-state index is 8.68. The maximum atomic E-state index is 8.68. The molecule has 0 amide bonds. The molecule has 0 N–H and O–H groups in total. The van der Waals surface area contributed by atoms with E-state index in [0.717, 1.165) is 5.69 Å². The van der Waals surface area contributed by atoms with Gasteiger partial charge in [0.2, 0.25) is 0 Å². The first-order valence-corrected chi connectivity index (χ1v) is 4.89. The van der Waals surface area contributed by atoms with E-state index in [0.29, 0.717) is 6.54 Å². The summed E-state index contributed by atoms with van der Waals surface area (Å²) in [6.07, 6.45) is 0. The van der Waals surface area contributed by atoms with E-state index in [2.05, 4.69) is 24.3 Å². The fourth-order valence-corrected chi connectivity index (χ4v) is 1.73. The average molecular weight is 196 g/mol. The molecule has 0 bridgehead atoms. The normalized spacial score (nSPS) is 9.87. The van der Waals surface area contributed by atoms with Crippen molar-refractivity contribution in [2.75, 3.05) is 18.5 Å². The van der Waals surface area contributed by atoms with Crippen molar-refractivity contribution in [3.63, 3.8) is 0 Å². The summed E-state index contributed by atoms with van der Waals surface area (Å²) in [6, 6.07) is 16.5. The molecule has 0 aromatic heterocycles. The Balaban J connectivity index is 2.56. The van der Waals surface area contributed by atoms with E-state index in [1.807, 2.05) is 36.2 Å². The summed E-state index contributed by atoms with van der Waals surface area (Å²) in [5.41, 5.74) is 1.11. The molecule has 0 heterocycles. The molecule has 2 aromatic rings. The van der Waals surface area contributed by atoms with Crippen LogP contribution < -0.4 is 4.90 Å². The molecule has 0 unspecified atom stereocenters. The van der Waals surface area contributed by atoms with Gasteiger partial charge in [0.15, 0.2) is 0 Å². The predicted octanol–water partition coefficient (Wildman–Crippen LogP) is 2.80. The molecule has 0 radical (unpaired) electrons. The van der Waals surface area contributed by atoms with Crippen LogP contribution in [0.3, 0.4) is 0 Å². The van der Waals surface area contributed by atoms with Crippen LogP contribution in [0, 0.1) is 11.3 Å². The van der Waals surface area contributed by atoms with Crippen LogP contribution in [0.5, 0.6) is 0 Å². The Morgan fingerprint density at radius 1 is 1.13 bits per heavy atom. The van der Waals surface area contributed by atoms with Crippen LogP contribution in [0.25, 0.3) is 10.8 Å². The second kappa shape index (κ2) is 4.02. The van der Waals surface area contributed by atoms with Gasteiger partial charge in [-0.2, -0.15) is 5.26 Å². The second-order valence-corrected chi connectivity index (χ2v) is 3.51. The maximum Gasteiger partial charge on any atom is 0.105 e. The lowest BCUT2D eigenvalue weighted by molar-refractivity contribution is 1.04. The van der Waals surface area contributed by atoms with E-state index in [1.54, 1.807) is 0 Å². The average Bonchev–Trinajstić information content (AvgIpc) is 2.28. The Labute approximate surface area is 89.4 Å². The Morgan fingerprint density at radius 3 is 2.67 bits per heavy atom. The van der Waals surface area contributed by atoms with Gasteiger partial charge in [-0.1, -0.05) is 36.4 Å². The molecule has 0 spiro atoms. The molecule has 15 heavy (non-hydrogen) atoms. The van der Waals surface area contributed by atoms with Crippen molar-refractivity contribution in [1.29, 1.82) is 5.26 Å². The Morgan fingerprint density at radius 2 is 1.87 bits per heavy atom. The second-order valence-electron chi connectivity index (χ2n) is 3.51. The molecule has 2 nitrogen and oxygen atoms in total. The number of nitrogens with zero attached hydrogens (tertiary/aromatic N) is 2. The smallest absolute Gasteiger partial charge is 0.105 e. The van der Waals surface area contributed by atoms with E-state index < -0.39 is 0 Å². The minimum absolute atomic E-state index is 0.411. The first-order valence-electron chi connectivity index (χ1n) is 4.89. The Bertz CT molecular complexity index is 506. The van der Waals surface area contributed by atoms with Gasteiger partial charge in [-0.25, -0.2) is 0 Å². The van der Waals surface area contributed by atoms with Gasteiger partial charge >= 0.3 is 0 Å². The molecule has 0 atom stereocenters. The van der Waals surface area contributed by atoms with Crippen LogP contribution in [0.2, 0.25) is 0 Å². The highest BCUT2D eigenvalue weighted by molar-refractivity contribution is 5.94. The molecule has 0 aliphatic carbocycles. The summed E-state index contributed by atoms with van der Waals surface area (Å²) in [4.78, 5) is 1.96. The van der Waals surface area contributed by atoms with Crippen LogP contribution in [-0.4, -0.2) is 13.6 Å². The quantitative estimate of drug-likeness (QED) is 0.690. The Kier molecular flexibility index (Phi) is 2.55. The fourth-order valence-electron chi connectivity index (χ4n) is 1.73. The number of hydrogen-bond acceptors (Lipinski definition) is 2. The van der Waals surface area contributed by atoms with E-state index in [1.165, 1.54) is 10.8 Å². The molecule has 2 heteroatoms. The van der Waals surface area contributed by atoms with Crippen LogP contribution >= 0.6 is 0 Å². The van der Waals surface area contributed by atoms with Gasteiger partial charge in [-0.3, -0.25) is 0 Å². The number of nitriles is 1. The van der Waals surface area contributed by atoms with Crippen molar-refractivity contribution in [3.8, 4) is 6.07 Å². The molecule has 0 saturated carbocycles. The number of rotatable bonds is 2. The van der Waals surface area contributed by atoms with E-state index in [4.69, 9.17) is 5.26 Å². The zero-order valence-electron chi connectivity index (χ0n) is 8.64. The SMILES string of the molecule is CN(CC#N)c1cccc2ccccc12. The van der Waals surface area contributed by atoms with Gasteiger partial charge in [0.25, 0.3) is 0 Å². The van der Waals surface area contributed by atoms with Gasteiger partial charge in [0, 0.05) is 18.1 Å². The predicted molar refractivity (Wildman–Crippen MR) is 62.8 cm³/mol. The number of fused-ring (bicyclic) bond motifs is 1. The lowest BCUT2D eigenvalue weighted by Crippen LogP contribution is -2.17. The van der Waals surface area contributed by atoms with Crippen molar-refractivity contribution < 1.29 is 0 Å². The van der Waals surface area contributed by atoms with Gasteiger partial charge in [-0.05, 0) is 11.5 Å². The molecule has 0 aliphatic heterocycles. The zero-order chi connectivity index (χ0) is 10.7. The van der Waals surface area contributed by atoms with Crippen LogP contribution in [0.4, 0.5) is 5.69 Å². The third-order valence-electron chi connectivity index (χ3n) is 2.49. The van der Waals surface area contributed by atoms with Crippen LogP contribution in [-0.2, 0) is 0 Å². The highest BCUT2D eigenvalue weighted by Gasteiger charge is 2.03. The van der Waals surface area contributed by atoms with Gasteiger partial charge < -0.3 is 4.90 Å². The van der Waals surface area contributed by atoms with E-state index in [-0.39, 0.29) is 0 Å². The minimum atomic E-state index is 0.411. The first-order chi connectivity index (χ1) is 7.33. The number of anilines is 1. The molecule has 0 fully saturated rings. The Hall–Kier alpha value is -2.01. The van der Waals surface area contributed by atoms with Gasteiger partial charge in [0.05, 0.1) is 6.07 Å². The monoisotopic (exact) mass is 196 g/mol. The third kappa shape index (κ3) is 1.77. The van der Waals surface area contributed by atoms with Crippen molar-refractivity contribution in [3.05, 3.63) is 42.5 Å². The summed E-state index contributed by atoms with van der Waals surface area (Å²) in [7, 11) is 1.94. The largest absolute Gasteiger partial charge is 0.361 e. The highest BCUT2D eigenvalue weighted by Crippen LogP contribution is 2.25. The summed E-state index contributed by atoms with van der Waals surface area (Å²) >= 11 is 0. The molecular formula is C13H12N2. The summed E-state index contributed by atoms with van der Waals surface area (Å²) in [6.45, 7) is 0.411. The zero-order valence-corrected chi connectivity index (χ0v) is 8.64. The number of hydrogen-bond donors (Lipinski definition) is 0. The van der Waals surface area contributed by atoms with Crippen LogP contribution in [0.15, 0.2) is 42.5 Å². The number of benzene rings is 2. The lowest BCUT2D eigenvalue weighted by atomic mass is 10.1. The third-order valence-corrected chi connectivity index (χ3v) is 2.49. The van der Waals surface area contributed by atoms with E-state index >= 15 is 0 Å². The van der Waals surface area contributed by atoms with Crippen molar-refractivity contribution in [1.82, 2.24) is 0 Å². The van der Waals surface area contributed by atoms with Crippen molar-refractivity contribution in [2.24, 2.45) is 0 Å². The lowest BCUT2D eigenvalue weighted by Gasteiger charge is -2.17. The minimum Gasteiger partial charge on any atom is -0.361 e. The van der Waals surface area contributed by atoms with Crippen molar-refractivity contribution in [2.45, 2.75) is 0 Å². The molecular weight excluding hydrogens is 184 g/mol. The van der Waals surface area contributed by atoms with E-state index in [9.17, 15) is 0 Å². The molecule has 2 rings (SSSR count). The standard InChI is InChI=1S/C13H12N2/c1-15(10-9-14)13-8-4-6-11-5-2-3-7-12(11)13/h2-8H,10H2,1H3. The van der Waals surface area contributed by atoms with Crippen LogP contribution in [0.1, 0.15) is 0 Å². The summed E-state index contributed by atoms with van der Waals surface area (Å²) in [5, 5.41) is 11.1. The molecule has 74 valence electrons. The molecule has 0 saturated heterocycles. The molecule has 2 aromatic carbocycles. The highest BCUT2D eigenvalue weighted by atomic mass is 15.1. The summed E-state index contributed by atoms with van der Waals surface area (Å²) < 4.78 is 0. The summed E-state index contributed by atoms with van der Waals surface area (Å²) in [5.74, 6) is 0. The molecule has 0 aliphatic rings. The topological polar surface area (TPSA) is 27.0 Å².